The lowest BCUT2D eigenvalue weighted by molar-refractivity contribution is 0.0927. The topological polar surface area (TPSA) is 71.4 Å². The average molecular weight is 338 g/mol. The molecule has 0 heterocycles. The molecule has 0 aliphatic carbocycles. The Labute approximate surface area is 132 Å². The predicted molar refractivity (Wildman–Crippen MR) is 86.4 cm³/mol. The second kappa shape index (κ2) is 13.8. The zero-order valence-corrected chi connectivity index (χ0v) is 15.6. The molecule has 0 spiro atoms. The molecule has 0 rings (SSSR count). The Balaban J connectivity index is 4.21. The van der Waals surface area contributed by atoms with E-state index >= 15 is 0 Å². The molecule has 21 heavy (non-hydrogen) atoms. The molecule has 8 heteroatoms. The summed E-state index contributed by atoms with van der Waals surface area (Å²) in [4.78, 5) is 2.07. The van der Waals surface area contributed by atoms with Crippen LogP contribution in [0.3, 0.4) is 0 Å². The van der Waals surface area contributed by atoms with Crippen molar-refractivity contribution in [2.24, 2.45) is 0 Å². The third-order valence-electron chi connectivity index (χ3n) is 2.83. The molecule has 126 valence electrons. The zero-order chi connectivity index (χ0) is 16.0. The predicted octanol–water partition coefficient (Wildman–Crippen LogP) is 0.331. The largest absolute Gasteiger partial charge is 0.464 e. The highest BCUT2D eigenvalue weighted by Gasteiger charge is 2.39. The molecule has 0 unspecified atom stereocenters. The zero-order valence-electron chi connectivity index (χ0n) is 13.6. The molecular formula is C13H31NO5Si2. The van der Waals surface area contributed by atoms with Gasteiger partial charge in [0, 0.05) is 32.9 Å². The number of hydrogen-bond donors (Lipinski definition) is 2. The maximum absolute atomic E-state index is 8.98. The lowest BCUT2D eigenvalue weighted by Crippen LogP contribution is -2.52. The van der Waals surface area contributed by atoms with E-state index in [1.165, 1.54) is 0 Å². The van der Waals surface area contributed by atoms with Gasteiger partial charge in [0.15, 0.2) is 0 Å². The fourth-order valence-corrected chi connectivity index (χ4v) is 8.01. The minimum Gasteiger partial charge on any atom is -0.395 e. The van der Waals surface area contributed by atoms with Crippen molar-refractivity contribution < 1.29 is 23.5 Å². The van der Waals surface area contributed by atoms with E-state index in [9.17, 15) is 0 Å². The summed E-state index contributed by atoms with van der Waals surface area (Å²) >= 11 is 0. The summed E-state index contributed by atoms with van der Waals surface area (Å²) in [6.45, 7) is 10.1. The van der Waals surface area contributed by atoms with E-state index in [0.29, 0.717) is 41.9 Å². The molecule has 0 aromatic heterocycles. The van der Waals surface area contributed by atoms with Gasteiger partial charge in [0.1, 0.15) is 9.04 Å². The highest BCUT2D eigenvalue weighted by molar-refractivity contribution is 7.14. The van der Waals surface area contributed by atoms with Crippen LogP contribution in [-0.4, -0.2) is 85.1 Å². The van der Waals surface area contributed by atoms with Gasteiger partial charge in [-0.25, -0.2) is 0 Å². The molecule has 2 N–H and O–H groups in total. The highest BCUT2D eigenvalue weighted by atomic mass is 29.2. The normalized spacial score (nSPS) is 12.3. The minimum absolute atomic E-state index is 0.123. The Morgan fingerprint density at radius 1 is 0.857 bits per heavy atom. The lowest BCUT2D eigenvalue weighted by Gasteiger charge is -2.28. The summed E-state index contributed by atoms with van der Waals surface area (Å²) in [7, 11) is -1.96. The van der Waals surface area contributed by atoms with Crippen LogP contribution in [0.1, 0.15) is 27.2 Å². The number of aliphatic hydroxyl groups is 2. The van der Waals surface area contributed by atoms with Crippen LogP contribution in [0.25, 0.3) is 0 Å². The van der Waals surface area contributed by atoms with Crippen molar-refractivity contribution in [1.82, 2.24) is 4.90 Å². The third kappa shape index (κ3) is 9.74. The van der Waals surface area contributed by atoms with E-state index in [4.69, 9.17) is 23.5 Å². The second-order valence-electron chi connectivity index (χ2n) is 4.42. The Morgan fingerprint density at radius 2 is 1.33 bits per heavy atom. The van der Waals surface area contributed by atoms with Crippen molar-refractivity contribution in [3.05, 3.63) is 0 Å². The van der Waals surface area contributed by atoms with Crippen LogP contribution in [0, 0.1) is 0 Å². The van der Waals surface area contributed by atoms with Crippen LogP contribution < -0.4 is 0 Å². The van der Waals surface area contributed by atoms with Crippen LogP contribution in [0.4, 0.5) is 0 Å². The van der Waals surface area contributed by atoms with Gasteiger partial charge in [0.2, 0.25) is 0 Å². The third-order valence-corrected chi connectivity index (χ3v) is 9.22. The SMILES string of the molecule is CCO[Si](OCC)(OCC)[Si]CCCN(CCO)CCO. The lowest BCUT2D eigenvalue weighted by atomic mass is 10.4. The fourth-order valence-electron chi connectivity index (χ4n) is 2.01. The van der Waals surface area contributed by atoms with Crippen LogP contribution in [-0.2, 0) is 13.3 Å². The maximum Gasteiger partial charge on any atom is 0.464 e. The summed E-state index contributed by atoms with van der Waals surface area (Å²) < 4.78 is 17.5. The molecule has 6 nitrogen and oxygen atoms in total. The first-order chi connectivity index (χ1) is 10.2. The average Bonchev–Trinajstić information content (AvgIpc) is 2.45. The summed E-state index contributed by atoms with van der Waals surface area (Å²) in [6.07, 6.45) is 0.987. The highest BCUT2D eigenvalue weighted by Crippen LogP contribution is 2.11. The summed E-state index contributed by atoms with van der Waals surface area (Å²) in [5, 5.41) is 18.0. The van der Waals surface area contributed by atoms with Crippen molar-refractivity contribution in [3.8, 4) is 0 Å². The number of aliphatic hydroxyl groups excluding tert-OH is 2. The fraction of sp³-hybridized carbons (Fsp3) is 1.00. The standard InChI is InChI=1S/C13H31NO5Si2/c1-4-17-21(18-5-2,19-6-3)20-13-7-8-14(9-11-15)10-12-16/h15-16H,4-13H2,1-3H3. The number of nitrogens with zero attached hydrogens (tertiary/aromatic N) is 1. The van der Waals surface area contributed by atoms with E-state index in [0.717, 1.165) is 19.0 Å². The van der Waals surface area contributed by atoms with Crippen LogP contribution in [0.2, 0.25) is 6.04 Å². The van der Waals surface area contributed by atoms with Gasteiger partial charge in [-0.15, -0.1) is 0 Å². The van der Waals surface area contributed by atoms with Crippen molar-refractivity contribution in [2.45, 2.75) is 33.2 Å². The van der Waals surface area contributed by atoms with Crippen LogP contribution in [0.5, 0.6) is 0 Å². The quantitative estimate of drug-likeness (QED) is 0.331. The van der Waals surface area contributed by atoms with Gasteiger partial charge in [-0.2, -0.15) is 0 Å². The smallest absolute Gasteiger partial charge is 0.395 e. The van der Waals surface area contributed by atoms with Gasteiger partial charge in [-0.1, -0.05) is 6.04 Å². The minimum atomic E-state index is -2.49. The van der Waals surface area contributed by atoms with Crippen molar-refractivity contribution in [3.63, 3.8) is 0 Å². The van der Waals surface area contributed by atoms with Gasteiger partial charge in [0.25, 0.3) is 0 Å². The summed E-state index contributed by atoms with van der Waals surface area (Å²) in [5.41, 5.74) is 0. The van der Waals surface area contributed by atoms with Crippen LogP contribution in [0.15, 0.2) is 0 Å². The second-order valence-corrected chi connectivity index (χ2v) is 10.2. The molecule has 0 saturated carbocycles. The molecule has 0 aliphatic rings. The monoisotopic (exact) mass is 337 g/mol. The molecule has 0 amide bonds. The van der Waals surface area contributed by atoms with E-state index in [1.807, 2.05) is 20.8 Å². The Bertz CT molecular complexity index is 214. The summed E-state index contributed by atoms with van der Waals surface area (Å²) in [5.74, 6) is 0. The first-order valence-corrected chi connectivity index (χ1v) is 11.7. The van der Waals surface area contributed by atoms with E-state index < -0.39 is 8.32 Å². The molecule has 2 radical (unpaired) electrons. The molecule has 0 aromatic rings. The van der Waals surface area contributed by atoms with E-state index in [1.54, 1.807) is 0 Å². The van der Waals surface area contributed by atoms with E-state index in [-0.39, 0.29) is 13.2 Å². The Morgan fingerprint density at radius 3 is 1.71 bits per heavy atom. The Hall–Kier alpha value is 0.194. The van der Waals surface area contributed by atoms with Crippen molar-refractivity contribution in [1.29, 1.82) is 0 Å². The van der Waals surface area contributed by atoms with E-state index in [2.05, 4.69) is 4.90 Å². The molecule has 0 aliphatic heterocycles. The maximum atomic E-state index is 8.98. The molecule has 0 saturated heterocycles. The van der Waals surface area contributed by atoms with Gasteiger partial charge >= 0.3 is 8.32 Å². The first-order valence-electron chi connectivity index (χ1n) is 7.78. The molecule has 0 fully saturated rings. The molecule has 0 bridgehead atoms. The first kappa shape index (κ1) is 21.2. The number of hydrogen-bond acceptors (Lipinski definition) is 6. The van der Waals surface area contributed by atoms with Gasteiger partial charge in [0.05, 0.1) is 13.2 Å². The van der Waals surface area contributed by atoms with Gasteiger partial charge in [-0.3, -0.25) is 4.90 Å². The number of rotatable bonds is 15. The molecule has 0 atom stereocenters. The summed E-state index contributed by atoms with van der Waals surface area (Å²) in [6, 6.07) is 0.986. The Kier molecular flexibility index (Phi) is 14.0. The van der Waals surface area contributed by atoms with Crippen LogP contribution >= 0.6 is 0 Å². The van der Waals surface area contributed by atoms with Gasteiger partial charge < -0.3 is 23.5 Å². The van der Waals surface area contributed by atoms with Crippen molar-refractivity contribution in [2.75, 3.05) is 52.7 Å². The molecule has 0 aromatic carbocycles. The van der Waals surface area contributed by atoms with Gasteiger partial charge in [-0.05, 0) is 33.7 Å². The van der Waals surface area contributed by atoms with Crippen molar-refractivity contribution >= 4 is 17.4 Å². The molecular weight excluding hydrogens is 306 g/mol.